The summed E-state index contributed by atoms with van der Waals surface area (Å²) in [6, 6.07) is 1.19. The van der Waals surface area contributed by atoms with Gasteiger partial charge in [0.05, 0.1) is 36.5 Å². The molecule has 0 aromatic carbocycles. The minimum atomic E-state index is -0.931. The Morgan fingerprint density at radius 3 is 2.80 bits per heavy atom. The van der Waals surface area contributed by atoms with Crippen LogP contribution in [0.2, 0.25) is 0 Å². The molecule has 2 atom stereocenters. The largest absolute Gasteiger partial charge is 0.493 e. The van der Waals surface area contributed by atoms with Crippen LogP contribution in [-0.4, -0.2) is 75.1 Å². The van der Waals surface area contributed by atoms with E-state index in [-0.39, 0.29) is 24.0 Å². The number of hydrogen-bond acceptors (Lipinski definition) is 7. The molecular formula is C25H34ClN5O4. The average Bonchev–Trinajstić information content (AvgIpc) is 3.40. The molecule has 35 heavy (non-hydrogen) atoms. The number of ether oxygens (including phenoxy) is 2. The molecule has 1 fully saturated rings. The molecule has 0 radical (unpaired) electrons. The maximum absolute atomic E-state index is 13.5. The zero-order valence-corrected chi connectivity index (χ0v) is 21.7. The van der Waals surface area contributed by atoms with Crippen molar-refractivity contribution in [2.24, 2.45) is 5.92 Å². The molecule has 2 aromatic rings. The Hall–Kier alpha value is -2.62. The fourth-order valence-corrected chi connectivity index (χ4v) is 4.40. The van der Waals surface area contributed by atoms with E-state index in [4.69, 9.17) is 21.1 Å². The van der Waals surface area contributed by atoms with Crippen molar-refractivity contribution in [3.63, 3.8) is 0 Å². The van der Waals surface area contributed by atoms with E-state index >= 15 is 0 Å². The highest BCUT2D eigenvalue weighted by atomic mass is 35.5. The van der Waals surface area contributed by atoms with E-state index in [0.717, 1.165) is 11.5 Å². The van der Waals surface area contributed by atoms with Crippen molar-refractivity contribution in [2.45, 2.75) is 57.3 Å². The normalized spacial score (nSPS) is 19.9. The van der Waals surface area contributed by atoms with E-state index in [1.807, 2.05) is 39.0 Å². The monoisotopic (exact) mass is 503 g/mol. The van der Waals surface area contributed by atoms with Crippen molar-refractivity contribution in [1.29, 1.82) is 0 Å². The van der Waals surface area contributed by atoms with Crippen molar-refractivity contribution >= 4 is 29.1 Å². The number of aromatic nitrogens is 3. The van der Waals surface area contributed by atoms with Crippen LogP contribution in [0, 0.1) is 5.92 Å². The van der Waals surface area contributed by atoms with Gasteiger partial charge in [-0.2, -0.15) is 4.98 Å². The zero-order chi connectivity index (χ0) is 25.4. The van der Waals surface area contributed by atoms with Crippen LogP contribution in [-0.2, 0) is 4.74 Å². The summed E-state index contributed by atoms with van der Waals surface area (Å²) in [6.07, 6.45) is 9.74. The zero-order valence-electron chi connectivity index (χ0n) is 20.9. The van der Waals surface area contributed by atoms with Crippen LogP contribution in [0.3, 0.4) is 0 Å². The van der Waals surface area contributed by atoms with Gasteiger partial charge in [-0.05, 0) is 58.1 Å². The van der Waals surface area contributed by atoms with Crippen LogP contribution in [0.1, 0.15) is 50.4 Å². The Balaban J connectivity index is 1.54. The summed E-state index contributed by atoms with van der Waals surface area (Å²) in [4.78, 5) is 19.6. The number of anilines is 1. The van der Waals surface area contributed by atoms with Gasteiger partial charge in [0.2, 0.25) is 5.95 Å². The highest BCUT2D eigenvalue weighted by Crippen LogP contribution is 2.41. The molecular weight excluding hydrogens is 470 g/mol. The van der Waals surface area contributed by atoms with Gasteiger partial charge in [0.15, 0.2) is 11.4 Å². The van der Waals surface area contributed by atoms with E-state index in [1.165, 1.54) is 7.11 Å². The number of halogens is 1. The number of hydrogen-bond donors (Lipinski definition) is 2. The molecule has 2 heterocycles. The fraction of sp³-hybridized carbons (Fsp3) is 0.560. The van der Waals surface area contributed by atoms with Crippen LogP contribution in [0.5, 0.6) is 5.75 Å². The molecule has 1 amide bonds. The Kier molecular flexibility index (Phi) is 7.13. The van der Waals surface area contributed by atoms with Crippen molar-refractivity contribution in [3.05, 3.63) is 41.1 Å². The molecule has 2 aliphatic carbocycles. The number of rotatable bonds is 9. The number of carbonyl (C=O) groups excluding carboxylic acids is 1. The van der Waals surface area contributed by atoms with Crippen molar-refractivity contribution in [1.82, 2.24) is 19.5 Å². The van der Waals surface area contributed by atoms with E-state index < -0.39 is 11.6 Å². The summed E-state index contributed by atoms with van der Waals surface area (Å²) >= 11 is 6.10. The van der Waals surface area contributed by atoms with E-state index in [1.54, 1.807) is 28.7 Å². The molecule has 0 spiro atoms. The number of carbonyl (C=O) groups is 1. The number of fused-ring (bicyclic) bond motifs is 1. The van der Waals surface area contributed by atoms with Crippen LogP contribution < -0.4 is 10.1 Å². The van der Waals surface area contributed by atoms with Gasteiger partial charge in [0.25, 0.3) is 5.91 Å². The molecule has 0 aliphatic heterocycles. The van der Waals surface area contributed by atoms with E-state index in [2.05, 4.69) is 15.4 Å². The molecule has 9 nitrogen and oxygen atoms in total. The number of amides is 1. The number of nitrogens with zero attached hydrogens (tertiary/aromatic N) is 4. The lowest BCUT2D eigenvalue weighted by atomic mass is 10.0. The number of aliphatic hydroxyl groups is 1. The Labute approximate surface area is 210 Å². The summed E-state index contributed by atoms with van der Waals surface area (Å²) < 4.78 is 13.0. The van der Waals surface area contributed by atoms with E-state index in [0.29, 0.717) is 42.3 Å². The van der Waals surface area contributed by atoms with Gasteiger partial charge in [-0.15, -0.1) is 5.10 Å². The van der Waals surface area contributed by atoms with Gasteiger partial charge in [-0.25, -0.2) is 4.52 Å². The van der Waals surface area contributed by atoms with Gasteiger partial charge in [-0.3, -0.25) is 4.79 Å². The highest BCUT2D eigenvalue weighted by molar-refractivity contribution is 6.31. The molecule has 0 bridgehead atoms. The number of pyridine rings is 1. The van der Waals surface area contributed by atoms with Crippen molar-refractivity contribution in [3.8, 4) is 5.75 Å². The molecule has 10 heteroatoms. The molecule has 2 aromatic heterocycles. The van der Waals surface area contributed by atoms with Crippen molar-refractivity contribution in [2.75, 3.05) is 32.6 Å². The van der Waals surface area contributed by atoms with Gasteiger partial charge >= 0.3 is 0 Å². The molecule has 4 rings (SSSR count). The van der Waals surface area contributed by atoms with Gasteiger partial charge in [0.1, 0.15) is 0 Å². The minimum Gasteiger partial charge on any atom is -0.493 e. The van der Waals surface area contributed by atoms with Crippen LogP contribution in [0.25, 0.3) is 5.65 Å². The van der Waals surface area contributed by atoms with E-state index in [9.17, 15) is 9.90 Å². The average molecular weight is 504 g/mol. The smallest absolute Gasteiger partial charge is 0.255 e. The Morgan fingerprint density at radius 1 is 1.43 bits per heavy atom. The minimum absolute atomic E-state index is 0.243. The molecule has 1 saturated carbocycles. The number of likely N-dealkylation sites (N-methyl/N-ethyl adjacent to an activating group) is 1. The summed E-state index contributed by atoms with van der Waals surface area (Å²) in [5, 5.41) is 19.3. The highest BCUT2D eigenvalue weighted by Gasteiger charge is 2.51. The quantitative estimate of drug-likeness (QED) is 0.538. The predicted octanol–water partition coefficient (Wildman–Crippen LogP) is 3.63. The number of methoxy groups -OCH3 is 1. The van der Waals surface area contributed by atoms with Crippen LogP contribution in [0.4, 0.5) is 5.95 Å². The standard InChI is InChI=1S/C25H34ClN5O4/c1-24(2,3)35-15-20(25(33)9-10-25)30(4)22(32)17-12-19(34-5)21-28-23(29-31(21)14-17)27-13-16-7-6-8-18(26)11-16/h6,8,11-12,14,16,20,33H,7,9-10,13,15H2,1-5H3,(H,27,29). The molecule has 190 valence electrons. The van der Waals surface area contributed by atoms with Crippen molar-refractivity contribution < 1.29 is 19.4 Å². The second kappa shape index (κ2) is 9.79. The first-order chi connectivity index (χ1) is 16.5. The maximum atomic E-state index is 13.5. The number of allylic oxidation sites excluding steroid dienone is 3. The number of nitrogens with one attached hydrogen (secondary N) is 1. The lowest BCUT2D eigenvalue weighted by Crippen LogP contribution is -2.50. The summed E-state index contributed by atoms with van der Waals surface area (Å²) in [5.41, 5.74) is -0.431. The first kappa shape index (κ1) is 25.5. The second-order valence-corrected chi connectivity index (χ2v) is 10.7. The predicted molar refractivity (Wildman–Crippen MR) is 135 cm³/mol. The first-order valence-electron chi connectivity index (χ1n) is 11.8. The SMILES string of the molecule is COc1cc(C(=O)N(C)C(COC(C)(C)C)C2(O)CC2)cn2nc(NCC3C=C(Cl)C=CC3)nc12. The third-order valence-corrected chi connectivity index (χ3v) is 6.60. The summed E-state index contributed by atoms with van der Waals surface area (Å²) in [5.74, 6) is 0.851. The lowest BCUT2D eigenvalue weighted by Gasteiger charge is -2.34. The topological polar surface area (TPSA) is 101 Å². The fourth-order valence-electron chi connectivity index (χ4n) is 4.13. The third-order valence-electron chi connectivity index (χ3n) is 6.34. The third kappa shape index (κ3) is 5.97. The van der Waals surface area contributed by atoms with Gasteiger partial charge in [0, 0.05) is 24.8 Å². The lowest BCUT2D eigenvalue weighted by molar-refractivity contribution is -0.0619. The molecule has 2 unspecified atom stereocenters. The summed E-state index contributed by atoms with van der Waals surface area (Å²) in [7, 11) is 3.22. The van der Waals surface area contributed by atoms with Crippen LogP contribution in [0.15, 0.2) is 35.5 Å². The molecule has 2 aliphatic rings. The van der Waals surface area contributed by atoms with Gasteiger partial charge < -0.3 is 24.8 Å². The summed E-state index contributed by atoms with van der Waals surface area (Å²) in [6.45, 7) is 6.73. The maximum Gasteiger partial charge on any atom is 0.255 e. The van der Waals surface area contributed by atoms with Crippen LogP contribution >= 0.6 is 11.6 Å². The molecule has 0 saturated heterocycles. The Bertz CT molecular complexity index is 1150. The van der Waals surface area contributed by atoms with Gasteiger partial charge in [-0.1, -0.05) is 23.8 Å². The Morgan fingerprint density at radius 2 is 2.17 bits per heavy atom. The second-order valence-electron chi connectivity index (χ2n) is 10.3. The first-order valence-corrected chi connectivity index (χ1v) is 12.2. The molecule has 2 N–H and O–H groups in total.